The van der Waals surface area contributed by atoms with Gasteiger partial charge in [0.2, 0.25) is 0 Å². The molecule has 1 aromatic carbocycles. The van der Waals surface area contributed by atoms with Crippen LogP contribution in [0.15, 0.2) is 41.6 Å². The molecule has 4 aromatic rings. The van der Waals surface area contributed by atoms with E-state index in [4.69, 9.17) is 0 Å². The van der Waals surface area contributed by atoms with Crippen molar-refractivity contribution in [2.75, 3.05) is 13.1 Å². The summed E-state index contributed by atoms with van der Waals surface area (Å²) >= 11 is 0. The molecule has 1 aliphatic heterocycles. The summed E-state index contributed by atoms with van der Waals surface area (Å²) in [5.74, 6) is 1.62. The highest BCUT2D eigenvalue weighted by atomic mass is 19.4. The first kappa shape index (κ1) is 27.3. The number of likely N-dealkylation sites (tertiary alicyclic amines) is 1. The van der Waals surface area contributed by atoms with Crippen LogP contribution in [0.3, 0.4) is 0 Å². The first-order valence-corrected chi connectivity index (χ1v) is 14.0. The lowest BCUT2D eigenvalue weighted by Crippen LogP contribution is -2.43. The molecule has 0 radical (unpaired) electrons. The summed E-state index contributed by atoms with van der Waals surface area (Å²) in [5, 5.41) is 18.1. The van der Waals surface area contributed by atoms with Gasteiger partial charge < -0.3 is 9.55 Å². The highest BCUT2D eigenvalue weighted by Gasteiger charge is 2.48. The van der Waals surface area contributed by atoms with E-state index in [2.05, 4.69) is 40.0 Å². The van der Waals surface area contributed by atoms with Crippen LogP contribution in [-0.2, 0) is 25.2 Å². The van der Waals surface area contributed by atoms with E-state index < -0.39 is 22.7 Å². The number of H-pyrrole nitrogens is 1. The number of hydrogen-bond donors (Lipinski definition) is 1. The maximum atomic E-state index is 14.4. The Kier molecular flexibility index (Phi) is 6.57. The van der Waals surface area contributed by atoms with E-state index >= 15 is 0 Å². The van der Waals surface area contributed by atoms with E-state index in [0.717, 1.165) is 60.9 Å². The number of nitriles is 1. The van der Waals surface area contributed by atoms with Crippen molar-refractivity contribution in [1.29, 1.82) is 5.26 Å². The van der Waals surface area contributed by atoms with Crippen molar-refractivity contribution < 1.29 is 13.2 Å². The zero-order chi connectivity index (χ0) is 29.1. The third kappa shape index (κ3) is 4.74. The first-order chi connectivity index (χ1) is 19.5. The number of nitrogens with one attached hydrogen (secondary N) is 1. The molecule has 11 heteroatoms. The van der Waals surface area contributed by atoms with E-state index in [1.54, 1.807) is 18.5 Å². The molecule has 214 valence electrons. The summed E-state index contributed by atoms with van der Waals surface area (Å²) in [6.45, 7) is 6.46. The van der Waals surface area contributed by atoms with Crippen molar-refractivity contribution in [3.63, 3.8) is 0 Å². The van der Waals surface area contributed by atoms with Gasteiger partial charge in [0.1, 0.15) is 17.7 Å². The molecule has 4 heterocycles. The number of pyridine rings is 1. The monoisotopic (exact) mass is 563 g/mol. The van der Waals surface area contributed by atoms with Gasteiger partial charge >= 0.3 is 6.18 Å². The minimum atomic E-state index is -4.69. The van der Waals surface area contributed by atoms with Crippen LogP contribution in [0.5, 0.6) is 0 Å². The van der Waals surface area contributed by atoms with Crippen LogP contribution in [0.2, 0.25) is 0 Å². The molecule has 0 bridgehead atoms. The number of aromatic nitrogens is 5. The number of aromatic amines is 1. The minimum Gasteiger partial charge on any atom is -0.353 e. The van der Waals surface area contributed by atoms with Gasteiger partial charge in [-0.15, -0.1) is 10.2 Å². The van der Waals surface area contributed by atoms with Crippen LogP contribution < -0.4 is 5.56 Å². The Hall–Kier alpha value is -3.91. The molecule has 0 unspecified atom stereocenters. The van der Waals surface area contributed by atoms with Crippen molar-refractivity contribution in [2.45, 2.75) is 57.7 Å². The number of nitrogens with zero attached hydrogens (tertiary/aromatic N) is 6. The van der Waals surface area contributed by atoms with E-state index in [-0.39, 0.29) is 22.2 Å². The molecular formula is C30H32F3N7O. The standard InChI is InChI=1S/C30H32F3N7O/c1-18-5-4-6-39(14-18)15-22-10-24-25(30(31,32)33)16-40(27(41)26(24)36-22)23-8-20(13-34)7-21(9-23)29(11-19(2)12-29)28-37-35-17-38(28)3/h7-10,16-19,36H,4-6,11-12,14-15H2,1-3H3/t18-,19?,29?/m0/s1. The van der Waals surface area contributed by atoms with Gasteiger partial charge in [-0.25, -0.2) is 0 Å². The number of aryl methyl sites for hydroxylation is 1. The molecule has 1 saturated heterocycles. The van der Waals surface area contributed by atoms with Crippen LogP contribution in [0.25, 0.3) is 16.6 Å². The van der Waals surface area contributed by atoms with Gasteiger partial charge in [0.25, 0.3) is 5.56 Å². The molecule has 1 N–H and O–H groups in total. The predicted molar refractivity (Wildman–Crippen MR) is 147 cm³/mol. The molecule has 1 aliphatic carbocycles. The number of alkyl halides is 3. The normalized spacial score (nSPS) is 23.4. The summed E-state index contributed by atoms with van der Waals surface area (Å²) in [6, 6.07) is 8.50. The second kappa shape index (κ2) is 9.87. The highest BCUT2D eigenvalue weighted by molar-refractivity contribution is 5.84. The van der Waals surface area contributed by atoms with E-state index in [9.17, 15) is 23.2 Å². The average Bonchev–Trinajstić information content (AvgIpc) is 3.52. The summed E-state index contributed by atoms with van der Waals surface area (Å²) in [4.78, 5) is 19.0. The third-order valence-corrected chi connectivity index (χ3v) is 8.71. The fourth-order valence-corrected chi connectivity index (χ4v) is 6.93. The molecule has 6 rings (SSSR count). The molecule has 0 spiro atoms. The molecule has 8 nitrogen and oxygen atoms in total. The predicted octanol–water partition coefficient (Wildman–Crippen LogP) is 5.29. The van der Waals surface area contributed by atoms with Gasteiger partial charge in [0.15, 0.2) is 0 Å². The van der Waals surface area contributed by atoms with Gasteiger partial charge in [0.05, 0.1) is 28.3 Å². The largest absolute Gasteiger partial charge is 0.418 e. The molecule has 1 saturated carbocycles. The number of benzene rings is 1. The molecule has 41 heavy (non-hydrogen) atoms. The molecule has 0 amide bonds. The van der Waals surface area contributed by atoms with Gasteiger partial charge in [-0.3, -0.25) is 14.3 Å². The molecule has 2 aliphatic rings. The summed E-state index contributed by atoms with van der Waals surface area (Å²) in [7, 11) is 1.84. The average molecular weight is 564 g/mol. The Morgan fingerprint density at radius 2 is 1.95 bits per heavy atom. The van der Waals surface area contributed by atoms with Crippen LogP contribution >= 0.6 is 0 Å². The highest BCUT2D eigenvalue weighted by Crippen LogP contribution is 2.52. The van der Waals surface area contributed by atoms with Crippen LogP contribution in [0.4, 0.5) is 13.2 Å². The second-order valence-corrected chi connectivity index (χ2v) is 12.0. The van der Waals surface area contributed by atoms with Crippen molar-refractivity contribution in [2.24, 2.45) is 18.9 Å². The van der Waals surface area contributed by atoms with Crippen molar-refractivity contribution in [3.8, 4) is 11.8 Å². The first-order valence-electron chi connectivity index (χ1n) is 14.0. The number of piperidine rings is 1. The Balaban J connectivity index is 1.50. The molecular weight excluding hydrogens is 531 g/mol. The van der Waals surface area contributed by atoms with Crippen molar-refractivity contribution in [1.82, 2.24) is 29.2 Å². The summed E-state index contributed by atoms with van der Waals surface area (Å²) in [6.07, 6.45) is 1.43. The summed E-state index contributed by atoms with van der Waals surface area (Å²) < 4.78 is 46.1. The number of halogens is 3. The fraction of sp³-hybridized carbons (Fsp3) is 0.467. The Labute approximate surface area is 235 Å². The van der Waals surface area contributed by atoms with Crippen LogP contribution in [0.1, 0.15) is 67.7 Å². The van der Waals surface area contributed by atoms with Crippen molar-refractivity contribution in [3.05, 3.63) is 75.4 Å². The third-order valence-electron chi connectivity index (χ3n) is 8.71. The minimum absolute atomic E-state index is 0.0934. The lowest BCUT2D eigenvalue weighted by atomic mass is 9.58. The van der Waals surface area contributed by atoms with E-state index in [1.807, 2.05) is 11.6 Å². The van der Waals surface area contributed by atoms with Gasteiger partial charge in [0, 0.05) is 37.4 Å². The van der Waals surface area contributed by atoms with Crippen LogP contribution in [0, 0.1) is 23.2 Å². The van der Waals surface area contributed by atoms with Gasteiger partial charge in [-0.2, -0.15) is 18.4 Å². The van der Waals surface area contributed by atoms with E-state index in [1.165, 1.54) is 12.1 Å². The Morgan fingerprint density at radius 3 is 2.59 bits per heavy atom. The quantitative estimate of drug-likeness (QED) is 0.356. The van der Waals surface area contributed by atoms with Crippen LogP contribution in [-0.4, -0.2) is 42.3 Å². The molecule has 3 aromatic heterocycles. The molecule has 2 fully saturated rings. The Morgan fingerprint density at radius 1 is 1.17 bits per heavy atom. The zero-order valence-electron chi connectivity index (χ0n) is 23.3. The zero-order valence-corrected chi connectivity index (χ0v) is 23.3. The second-order valence-electron chi connectivity index (χ2n) is 12.0. The number of fused-ring (bicyclic) bond motifs is 1. The van der Waals surface area contributed by atoms with Crippen molar-refractivity contribution >= 4 is 10.9 Å². The lowest BCUT2D eigenvalue weighted by molar-refractivity contribution is -0.136. The topological polar surface area (TPSA) is 95.5 Å². The Bertz CT molecular complexity index is 1720. The van der Waals surface area contributed by atoms with Gasteiger partial charge in [-0.1, -0.05) is 13.8 Å². The maximum absolute atomic E-state index is 14.4. The summed E-state index contributed by atoms with van der Waals surface area (Å²) in [5.41, 5.74) is -0.378. The SMILES string of the molecule is CC1CC(c2cc(C#N)cc(-n3cc(C(F)(F)F)c4cc(CN5CCC[C@H](C)C5)[nH]c4c3=O)c2)(c2nncn2C)C1. The molecule has 1 atom stereocenters. The van der Waals surface area contributed by atoms with E-state index in [0.29, 0.717) is 24.1 Å². The maximum Gasteiger partial charge on any atom is 0.418 e. The van der Waals surface area contributed by atoms with Gasteiger partial charge in [-0.05, 0) is 73.9 Å². The smallest absolute Gasteiger partial charge is 0.353 e. The lowest BCUT2D eigenvalue weighted by Gasteiger charge is -2.46. The number of hydrogen-bond acceptors (Lipinski definition) is 5. The number of rotatable bonds is 5. The fourth-order valence-electron chi connectivity index (χ4n) is 6.93.